The predicted octanol–water partition coefficient (Wildman–Crippen LogP) is 5.10. The van der Waals surface area contributed by atoms with Gasteiger partial charge < -0.3 is 0 Å². The van der Waals surface area contributed by atoms with Gasteiger partial charge >= 0.3 is 125 Å². The first kappa shape index (κ1) is 17.3. The Morgan fingerprint density at radius 2 is 1.32 bits per heavy atom. The van der Waals surface area contributed by atoms with E-state index < -0.39 is 21.1 Å². The molecule has 3 rings (SSSR count). The Kier molecular flexibility index (Phi) is 5.21. The predicted molar refractivity (Wildman–Crippen MR) is 83.1 cm³/mol. The number of hydrogen-bond donors (Lipinski definition) is 0. The van der Waals surface area contributed by atoms with Gasteiger partial charge in [-0.1, -0.05) is 0 Å². The normalized spacial score (nSPS) is 17.2. The molecule has 0 heterocycles. The molecule has 1 aromatic carbocycles. The Bertz CT molecular complexity index is 624. The van der Waals surface area contributed by atoms with Crippen LogP contribution in [0.15, 0.2) is 74.5 Å². The van der Waals surface area contributed by atoms with E-state index in [0.29, 0.717) is 24.5 Å². The zero-order chi connectivity index (χ0) is 14.9. The summed E-state index contributed by atoms with van der Waals surface area (Å²) in [5.41, 5.74) is 0. The van der Waals surface area contributed by atoms with Crippen molar-refractivity contribution in [1.82, 2.24) is 0 Å². The van der Waals surface area contributed by atoms with Crippen molar-refractivity contribution < 1.29 is 29.8 Å². The van der Waals surface area contributed by atoms with Crippen LogP contribution in [-0.2, 0) is 16.6 Å². The van der Waals surface area contributed by atoms with Gasteiger partial charge in [-0.25, -0.2) is 0 Å². The number of rotatable bonds is 3. The van der Waals surface area contributed by atoms with Crippen LogP contribution in [0.3, 0.4) is 0 Å². The summed E-state index contributed by atoms with van der Waals surface area (Å²) >= 11 is -4.57. The summed E-state index contributed by atoms with van der Waals surface area (Å²) < 4.78 is 40.4. The van der Waals surface area contributed by atoms with Crippen molar-refractivity contribution in [2.24, 2.45) is 0 Å². The quantitative estimate of drug-likeness (QED) is 0.658. The molecule has 116 valence electrons. The topological polar surface area (TPSA) is 0 Å². The molecular weight excluding hydrogens is 345 g/mol. The monoisotopic (exact) mass is 360 g/mol. The Morgan fingerprint density at radius 1 is 0.818 bits per heavy atom. The van der Waals surface area contributed by atoms with E-state index in [0.717, 1.165) is 0 Å². The van der Waals surface area contributed by atoms with Crippen LogP contribution in [0.4, 0.5) is 13.2 Å². The molecule has 0 unspecified atom stereocenters. The van der Waals surface area contributed by atoms with Crippen LogP contribution in [0.1, 0.15) is 12.8 Å². The Hall–Kier alpha value is -1.03. The Morgan fingerprint density at radius 3 is 1.68 bits per heavy atom. The second kappa shape index (κ2) is 6.61. The zero-order valence-corrected chi connectivity index (χ0v) is 14.2. The molecule has 0 aromatic heterocycles. The van der Waals surface area contributed by atoms with E-state index >= 15 is 0 Å². The average Bonchev–Trinajstić information content (AvgIpc) is 3.12. The van der Waals surface area contributed by atoms with E-state index in [1.165, 1.54) is 0 Å². The maximum absolute atomic E-state index is 14.3. The van der Waals surface area contributed by atoms with Crippen molar-refractivity contribution in [3.05, 3.63) is 74.5 Å². The van der Waals surface area contributed by atoms with Gasteiger partial charge in [0.2, 0.25) is 0 Å². The van der Waals surface area contributed by atoms with Gasteiger partial charge in [0.15, 0.2) is 0 Å². The molecule has 2 aliphatic rings. The number of allylic oxidation sites excluding steroid dienone is 8. The molecule has 0 spiro atoms. The molecule has 0 bridgehead atoms. The van der Waals surface area contributed by atoms with Crippen molar-refractivity contribution in [2.75, 3.05) is 0 Å². The first-order valence-electron chi connectivity index (χ1n) is 6.91. The van der Waals surface area contributed by atoms with Gasteiger partial charge in [0.1, 0.15) is 0 Å². The molecule has 0 amide bonds. The van der Waals surface area contributed by atoms with Crippen LogP contribution in [0.25, 0.3) is 0 Å². The van der Waals surface area contributed by atoms with Crippen LogP contribution in [0.2, 0.25) is 0 Å². The Labute approximate surface area is 137 Å². The van der Waals surface area contributed by atoms with E-state index in [-0.39, 0.29) is 12.4 Å². The fourth-order valence-electron chi connectivity index (χ4n) is 3.24. The summed E-state index contributed by atoms with van der Waals surface area (Å²) in [5, 5.41) is 0. The van der Waals surface area contributed by atoms with Crippen LogP contribution in [-0.4, -0.2) is 4.48 Å². The van der Waals surface area contributed by atoms with Gasteiger partial charge in [-0.05, 0) is 0 Å². The second-order valence-electron chi connectivity index (χ2n) is 5.26. The molecule has 1 aromatic rings. The third kappa shape index (κ3) is 2.66. The first-order chi connectivity index (χ1) is 10.1. The second-order valence-corrected chi connectivity index (χ2v) is 11.4. The summed E-state index contributed by atoms with van der Waals surface area (Å²) in [6.07, 6.45) is 11.4. The van der Waals surface area contributed by atoms with Crippen LogP contribution in [0.5, 0.6) is 0 Å². The van der Waals surface area contributed by atoms with Crippen LogP contribution >= 0.6 is 12.4 Å². The Balaban J connectivity index is 0.00000176. The zero-order valence-electron chi connectivity index (χ0n) is 11.8. The number of benzene rings is 1. The summed E-state index contributed by atoms with van der Waals surface area (Å²) in [6.45, 7) is 0. The molecule has 0 radical (unpaired) electrons. The molecule has 0 fully saturated rings. The van der Waals surface area contributed by atoms with Gasteiger partial charge in [0.05, 0.1) is 0 Å². The molecule has 5 heteroatoms. The van der Waals surface area contributed by atoms with Gasteiger partial charge in [-0.2, -0.15) is 0 Å². The van der Waals surface area contributed by atoms with E-state index in [4.69, 9.17) is 0 Å². The van der Waals surface area contributed by atoms with Crippen molar-refractivity contribution in [2.45, 2.75) is 17.3 Å². The molecular formula is C17H16ClF3Ti. The van der Waals surface area contributed by atoms with Crippen molar-refractivity contribution in [3.63, 3.8) is 0 Å². The average molecular weight is 361 g/mol. The first-order valence-corrected chi connectivity index (χ1v) is 10.0. The standard InChI is InChI=1S/C6H5.2C5H5.CF3.ClH.Ti/c1-2-4-6-5-3-1;2*1-2-4-5-3-1;2-1(3)4;;/h1-5H;2*1-3H,4H2;;1H;. The third-order valence-electron chi connectivity index (χ3n) is 4.14. The number of alkyl halides is 3. The fourth-order valence-corrected chi connectivity index (χ4v) is 10.2. The maximum atomic E-state index is 14.3. The van der Waals surface area contributed by atoms with E-state index in [1.807, 2.05) is 12.2 Å². The minimum absolute atomic E-state index is 0. The van der Waals surface area contributed by atoms with Gasteiger partial charge in [0, 0.05) is 0 Å². The number of halogens is 4. The van der Waals surface area contributed by atoms with Gasteiger partial charge in [-0.15, -0.1) is 12.4 Å². The molecule has 0 saturated carbocycles. The summed E-state index contributed by atoms with van der Waals surface area (Å²) in [6, 6.07) is 8.52. The molecule has 0 N–H and O–H groups in total. The fraction of sp³-hybridized carbons (Fsp3) is 0.176. The van der Waals surface area contributed by atoms with Crippen molar-refractivity contribution in [3.8, 4) is 0 Å². The minimum atomic E-state index is -4.57. The van der Waals surface area contributed by atoms with Crippen LogP contribution in [0, 0.1) is 0 Å². The van der Waals surface area contributed by atoms with Gasteiger partial charge in [-0.3, -0.25) is 0 Å². The van der Waals surface area contributed by atoms with Crippen molar-refractivity contribution >= 4 is 16.3 Å². The van der Waals surface area contributed by atoms with E-state index in [2.05, 4.69) is 0 Å². The summed E-state index contributed by atoms with van der Waals surface area (Å²) in [5.74, 6) is 0. The molecule has 0 nitrogen and oxygen atoms in total. The molecule has 22 heavy (non-hydrogen) atoms. The summed E-state index contributed by atoms with van der Waals surface area (Å²) in [7, 11) is 0. The molecule has 2 aliphatic carbocycles. The summed E-state index contributed by atoms with van der Waals surface area (Å²) in [4.78, 5) is 0. The third-order valence-corrected chi connectivity index (χ3v) is 11.5. The van der Waals surface area contributed by atoms with E-state index in [1.54, 1.807) is 54.6 Å². The van der Waals surface area contributed by atoms with Gasteiger partial charge in [0.25, 0.3) is 0 Å². The molecule has 0 atom stereocenters. The number of hydrogen-bond acceptors (Lipinski definition) is 0. The van der Waals surface area contributed by atoms with E-state index in [9.17, 15) is 13.2 Å². The SMILES string of the molecule is Cl.F[C](F)(F)[Ti]([C]1=CC=CC1)([C]1=CC=CC1)[c]1ccccc1. The van der Waals surface area contributed by atoms with Crippen LogP contribution < -0.4 is 3.87 Å². The van der Waals surface area contributed by atoms with Crippen molar-refractivity contribution in [1.29, 1.82) is 0 Å². The molecule has 0 saturated heterocycles. The molecule has 0 aliphatic heterocycles.